The number of methoxy groups -OCH3 is 2. The lowest BCUT2D eigenvalue weighted by molar-refractivity contribution is 0.0669. The highest BCUT2D eigenvalue weighted by atomic mass is 35.5. The highest BCUT2D eigenvalue weighted by molar-refractivity contribution is 6.33. The largest absolute Gasteiger partial charge is 0.385 e. The van der Waals surface area contributed by atoms with E-state index in [9.17, 15) is 4.79 Å². The van der Waals surface area contributed by atoms with E-state index in [0.717, 1.165) is 6.42 Å². The highest BCUT2D eigenvalue weighted by Crippen LogP contribution is 2.18. The zero-order valence-corrected chi connectivity index (χ0v) is 13.0. The highest BCUT2D eigenvalue weighted by Gasteiger charge is 2.20. The Morgan fingerprint density at radius 2 is 2.05 bits per heavy atom. The lowest BCUT2D eigenvalue weighted by atomic mass is 10.2. The maximum Gasteiger partial charge on any atom is 0.274 e. The van der Waals surface area contributed by atoms with Gasteiger partial charge in [0.15, 0.2) is 0 Å². The smallest absolute Gasteiger partial charge is 0.274 e. The summed E-state index contributed by atoms with van der Waals surface area (Å²) in [6, 6.07) is 3.18. The summed E-state index contributed by atoms with van der Waals surface area (Å²) in [6.45, 7) is 2.00. The molecule has 0 saturated carbocycles. The molecule has 1 aromatic heterocycles. The molecule has 0 saturated heterocycles. The topological polar surface area (TPSA) is 89.7 Å². The van der Waals surface area contributed by atoms with Crippen molar-refractivity contribution in [2.45, 2.75) is 6.42 Å². The quantitative estimate of drug-likeness (QED) is 0.403. The van der Waals surface area contributed by atoms with Gasteiger partial charge in [0, 0.05) is 33.9 Å². The lowest BCUT2D eigenvalue weighted by Crippen LogP contribution is -2.36. The second-order valence-corrected chi connectivity index (χ2v) is 4.71. The van der Waals surface area contributed by atoms with Crippen molar-refractivity contribution in [3.8, 4) is 0 Å². The summed E-state index contributed by atoms with van der Waals surface area (Å²) in [7, 11) is 3.21. The van der Waals surface area contributed by atoms with Gasteiger partial charge >= 0.3 is 0 Å². The maximum atomic E-state index is 12.5. The van der Waals surface area contributed by atoms with Crippen molar-refractivity contribution in [3.63, 3.8) is 0 Å². The molecule has 0 aliphatic heterocycles. The number of hydrogen-bond donors (Lipinski definition) is 2. The maximum absolute atomic E-state index is 12.5. The van der Waals surface area contributed by atoms with Gasteiger partial charge in [-0.25, -0.2) is 10.8 Å². The van der Waals surface area contributed by atoms with E-state index in [1.54, 1.807) is 31.3 Å². The van der Waals surface area contributed by atoms with Gasteiger partial charge in [-0.05, 0) is 18.6 Å². The summed E-state index contributed by atoms with van der Waals surface area (Å²) < 4.78 is 10.0. The van der Waals surface area contributed by atoms with Gasteiger partial charge in [-0.15, -0.1) is 0 Å². The average Bonchev–Trinajstić information content (AvgIpc) is 2.50. The number of hydrogen-bond acceptors (Lipinski definition) is 6. The molecule has 3 N–H and O–H groups in total. The van der Waals surface area contributed by atoms with Gasteiger partial charge in [-0.2, -0.15) is 0 Å². The van der Waals surface area contributed by atoms with Crippen LogP contribution in [0, 0.1) is 0 Å². The summed E-state index contributed by atoms with van der Waals surface area (Å²) in [5.74, 6) is 5.43. The predicted molar refractivity (Wildman–Crippen MR) is 81.3 cm³/mol. The van der Waals surface area contributed by atoms with Crippen LogP contribution >= 0.6 is 11.6 Å². The second-order valence-electron chi connectivity index (χ2n) is 4.30. The number of halogens is 1. The van der Waals surface area contributed by atoms with Crippen LogP contribution in [0.25, 0.3) is 0 Å². The minimum atomic E-state index is -0.259. The molecule has 0 atom stereocenters. The number of hydrazine groups is 1. The normalized spacial score (nSPS) is 10.5. The molecule has 7 nitrogen and oxygen atoms in total. The van der Waals surface area contributed by atoms with Gasteiger partial charge < -0.3 is 19.8 Å². The fourth-order valence-electron chi connectivity index (χ4n) is 1.74. The molecule has 0 aliphatic rings. The van der Waals surface area contributed by atoms with Crippen LogP contribution in [0.3, 0.4) is 0 Å². The van der Waals surface area contributed by atoms with Crippen LogP contribution in [-0.4, -0.2) is 56.3 Å². The first-order valence-corrected chi connectivity index (χ1v) is 6.92. The second kappa shape index (κ2) is 9.51. The standard InChI is InChI=1S/C13H21ClN4O3/c1-20-8-3-6-18(7-9-21-2)13(19)12-10(14)4-5-11(16-12)17-15/h4-5H,3,6-9,15H2,1-2H3,(H,16,17). The Kier molecular flexibility index (Phi) is 7.99. The van der Waals surface area contributed by atoms with Crippen LogP contribution in [0.15, 0.2) is 12.1 Å². The van der Waals surface area contributed by atoms with Crippen molar-refractivity contribution in [2.24, 2.45) is 5.84 Å². The molecular weight excluding hydrogens is 296 g/mol. The van der Waals surface area contributed by atoms with Crippen LogP contribution < -0.4 is 11.3 Å². The number of carbonyl (C=O) groups excluding carboxylic acids is 1. The molecule has 0 fully saturated rings. The third kappa shape index (κ3) is 5.47. The number of carbonyl (C=O) groups is 1. The Labute approximate surface area is 129 Å². The van der Waals surface area contributed by atoms with Gasteiger partial charge in [0.05, 0.1) is 11.6 Å². The van der Waals surface area contributed by atoms with E-state index < -0.39 is 0 Å². The zero-order valence-electron chi connectivity index (χ0n) is 12.3. The third-order valence-corrected chi connectivity index (χ3v) is 3.13. The van der Waals surface area contributed by atoms with E-state index >= 15 is 0 Å². The number of nitrogens with zero attached hydrogens (tertiary/aromatic N) is 2. The van der Waals surface area contributed by atoms with Crippen molar-refractivity contribution in [2.75, 3.05) is 45.9 Å². The van der Waals surface area contributed by atoms with Crippen LogP contribution in [0.1, 0.15) is 16.9 Å². The summed E-state index contributed by atoms with van der Waals surface area (Å²) >= 11 is 6.05. The molecule has 118 valence electrons. The number of nitrogens with one attached hydrogen (secondary N) is 1. The van der Waals surface area contributed by atoms with Gasteiger partial charge in [0.2, 0.25) is 0 Å². The summed E-state index contributed by atoms with van der Waals surface area (Å²) in [4.78, 5) is 18.3. The van der Waals surface area contributed by atoms with Crippen molar-refractivity contribution in [1.82, 2.24) is 9.88 Å². The van der Waals surface area contributed by atoms with Crippen LogP contribution in [0.2, 0.25) is 5.02 Å². The number of ether oxygens (including phenoxy) is 2. The van der Waals surface area contributed by atoms with Gasteiger partial charge in [0.1, 0.15) is 11.5 Å². The van der Waals surface area contributed by atoms with Crippen molar-refractivity contribution in [1.29, 1.82) is 0 Å². The van der Waals surface area contributed by atoms with Crippen molar-refractivity contribution >= 4 is 23.3 Å². The molecule has 0 aliphatic carbocycles. The Morgan fingerprint density at radius 1 is 1.33 bits per heavy atom. The van der Waals surface area contributed by atoms with E-state index in [0.29, 0.717) is 32.1 Å². The SMILES string of the molecule is COCCCN(CCOC)C(=O)c1nc(NN)ccc1Cl. The molecule has 0 unspecified atom stereocenters. The average molecular weight is 317 g/mol. The first-order chi connectivity index (χ1) is 10.1. The molecule has 0 bridgehead atoms. The molecule has 1 aromatic rings. The monoisotopic (exact) mass is 316 g/mol. The first kappa shape index (κ1) is 17.6. The van der Waals surface area contributed by atoms with E-state index in [1.165, 1.54) is 0 Å². The summed E-state index contributed by atoms with van der Waals surface area (Å²) in [5, 5.41) is 0.285. The number of nitrogens with two attached hydrogens (primary N) is 1. The fourth-order valence-corrected chi connectivity index (χ4v) is 1.92. The van der Waals surface area contributed by atoms with E-state index in [4.69, 9.17) is 26.9 Å². The number of anilines is 1. The molecule has 0 radical (unpaired) electrons. The van der Waals surface area contributed by atoms with E-state index in [-0.39, 0.29) is 16.6 Å². The number of aromatic nitrogens is 1. The molecule has 1 amide bonds. The van der Waals surface area contributed by atoms with Crippen LogP contribution in [0.4, 0.5) is 5.82 Å². The van der Waals surface area contributed by atoms with E-state index in [2.05, 4.69) is 10.4 Å². The Balaban J connectivity index is 2.87. The van der Waals surface area contributed by atoms with Gasteiger partial charge in [-0.3, -0.25) is 4.79 Å². The molecule has 21 heavy (non-hydrogen) atoms. The number of rotatable bonds is 9. The zero-order chi connectivity index (χ0) is 15.7. The molecule has 1 rings (SSSR count). The minimum Gasteiger partial charge on any atom is -0.385 e. The predicted octanol–water partition coefficient (Wildman–Crippen LogP) is 1.15. The van der Waals surface area contributed by atoms with Crippen LogP contribution in [-0.2, 0) is 9.47 Å². The van der Waals surface area contributed by atoms with Gasteiger partial charge in [-0.1, -0.05) is 11.6 Å². The summed E-state index contributed by atoms with van der Waals surface area (Å²) in [6.07, 6.45) is 0.721. The number of pyridine rings is 1. The van der Waals surface area contributed by atoms with Gasteiger partial charge in [0.25, 0.3) is 5.91 Å². The molecular formula is C13H21ClN4O3. The Bertz CT molecular complexity index is 459. The molecule has 0 spiro atoms. The summed E-state index contributed by atoms with van der Waals surface area (Å²) in [5.41, 5.74) is 2.57. The molecule has 0 aromatic carbocycles. The number of amides is 1. The molecule has 1 heterocycles. The number of nitrogen functional groups attached to an aromatic ring is 1. The van der Waals surface area contributed by atoms with E-state index in [1.807, 2.05) is 0 Å². The van der Waals surface area contributed by atoms with Crippen LogP contribution in [0.5, 0.6) is 0 Å². The Hall–Kier alpha value is -1.41. The third-order valence-electron chi connectivity index (χ3n) is 2.83. The lowest BCUT2D eigenvalue weighted by Gasteiger charge is -2.22. The Morgan fingerprint density at radius 3 is 2.67 bits per heavy atom. The van der Waals surface area contributed by atoms with Crippen molar-refractivity contribution in [3.05, 3.63) is 22.8 Å². The minimum absolute atomic E-state index is 0.167. The van der Waals surface area contributed by atoms with Crippen molar-refractivity contribution < 1.29 is 14.3 Å². The fraction of sp³-hybridized carbons (Fsp3) is 0.538. The molecule has 8 heteroatoms. The first-order valence-electron chi connectivity index (χ1n) is 6.54.